The van der Waals surface area contributed by atoms with Crippen LogP contribution in [0.3, 0.4) is 0 Å². The Labute approximate surface area is 260 Å². The Morgan fingerprint density at radius 2 is 0.696 bits per heavy atom. The van der Waals surface area contributed by atoms with Gasteiger partial charge >= 0.3 is 178 Å². The van der Waals surface area contributed by atoms with Crippen molar-refractivity contribution in [2.45, 2.75) is 0 Å². The number of carboxylic acid groups (broad SMARTS) is 4. The Kier molecular flexibility index (Phi) is 28.2. The number of carbonyl (C=O) groups is 4. The molecule has 114 valence electrons. The zero-order valence-corrected chi connectivity index (χ0v) is 22.9. The monoisotopic (exact) mass is 409 g/mol. The Morgan fingerprint density at radius 3 is 0.826 bits per heavy atom. The predicted octanol–water partition coefficient (Wildman–Crippen LogP) is -11.1. The molecule has 0 aliphatic carbocycles. The van der Waals surface area contributed by atoms with Crippen LogP contribution in [0.15, 0.2) is 0 Å². The van der Waals surface area contributed by atoms with E-state index in [2.05, 4.69) is 0 Å². The fraction of sp³-hybridized carbons (Fsp3) is 0.600. The summed E-state index contributed by atoms with van der Waals surface area (Å²) in [5.74, 6) is -4.91. The smallest absolute Gasteiger partial charge is 0.480 e. The number of nitrogens with zero attached hydrogens (tertiary/aromatic N) is 2. The van der Waals surface area contributed by atoms with E-state index in [0.29, 0.717) is 0 Å². The van der Waals surface area contributed by atoms with Crippen LogP contribution in [0.25, 0.3) is 0 Å². The maximum Gasteiger partial charge on any atom is 1.00 e. The van der Waals surface area contributed by atoms with Crippen molar-refractivity contribution >= 4 is 23.9 Å². The van der Waals surface area contributed by atoms with Gasteiger partial charge in [0.2, 0.25) is 0 Å². The Bertz CT molecular complexity index is 328. The van der Waals surface area contributed by atoms with Gasteiger partial charge in [0.25, 0.3) is 0 Å². The molecule has 0 saturated carbocycles. The molecule has 0 aromatic rings. The van der Waals surface area contributed by atoms with E-state index in [9.17, 15) is 19.2 Å². The van der Waals surface area contributed by atoms with Crippen LogP contribution in [0.1, 0.15) is 0 Å². The average Bonchev–Trinajstić information content (AvgIpc) is 2.22. The van der Waals surface area contributed by atoms with Gasteiger partial charge in [-0.1, -0.05) is 0 Å². The van der Waals surface area contributed by atoms with E-state index >= 15 is 0 Å². The molecule has 0 heterocycles. The third-order valence-electron chi connectivity index (χ3n) is 2.17. The van der Waals surface area contributed by atoms with E-state index in [4.69, 9.17) is 20.4 Å². The number of carboxylic acids is 4. The molecule has 0 spiro atoms. The van der Waals surface area contributed by atoms with Gasteiger partial charge in [0.05, 0.1) is 26.2 Å². The van der Waals surface area contributed by atoms with Crippen LogP contribution >= 0.6 is 0 Å². The summed E-state index contributed by atoms with van der Waals surface area (Å²) >= 11 is 0. The van der Waals surface area contributed by atoms with Crippen LogP contribution in [-0.4, -0.2) is 93.4 Å². The second-order valence-corrected chi connectivity index (χ2v) is 4.00. The van der Waals surface area contributed by atoms with Crippen molar-refractivity contribution in [1.82, 2.24) is 9.80 Å². The molecule has 4 N–H and O–H groups in total. The standard InChI is InChI=1S/C10H16N2O8.3K/c13-7(14)3-11(4-8(15)16)1-2-12(5-9(17)18)6-10(19)20;;;/h1-6H2,(H,13,14)(H,15,16)(H,17,18)(H,19,20);;;/q;3*+1. The van der Waals surface area contributed by atoms with Crippen LogP contribution in [0.5, 0.6) is 0 Å². The first-order valence-corrected chi connectivity index (χ1v) is 5.52. The van der Waals surface area contributed by atoms with Crippen molar-refractivity contribution in [3.05, 3.63) is 0 Å². The maximum atomic E-state index is 10.6. The second kappa shape index (κ2) is 19.5. The molecular weight excluding hydrogens is 393 g/mol. The summed E-state index contributed by atoms with van der Waals surface area (Å²) in [6.45, 7) is -2.25. The largest absolute Gasteiger partial charge is 1.00 e. The summed E-state index contributed by atoms with van der Waals surface area (Å²) in [4.78, 5) is 44.4. The van der Waals surface area contributed by atoms with Gasteiger partial charge in [-0.25, -0.2) is 0 Å². The number of rotatable bonds is 11. The number of hydrogen-bond donors (Lipinski definition) is 4. The van der Waals surface area contributed by atoms with Gasteiger partial charge in [-0.2, -0.15) is 0 Å². The molecule has 0 atom stereocenters. The van der Waals surface area contributed by atoms with Gasteiger partial charge in [-0.05, 0) is 0 Å². The van der Waals surface area contributed by atoms with Gasteiger partial charge < -0.3 is 20.4 Å². The molecule has 23 heavy (non-hydrogen) atoms. The molecule has 0 aromatic carbocycles. The SMILES string of the molecule is O=C(O)CN(CCN(CC(=O)O)CC(=O)O)CC(=O)O.[K+].[K+].[K+]. The first kappa shape index (κ1) is 33.3. The topological polar surface area (TPSA) is 156 Å². The molecular formula is C10H16K3N2O8+3. The quantitative estimate of drug-likeness (QED) is 0.242. The summed E-state index contributed by atoms with van der Waals surface area (Å²) in [5.41, 5.74) is 0. The van der Waals surface area contributed by atoms with E-state index < -0.39 is 50.1 Å². The van der Waals surface area contributed by atoms with Gasteiger partial charge in [-0.15, -0.1) is 0 Å². The molecule has 0 amide bonds. The van der Waals surface area contributed by atoms with Crippen molar-refractivity contribution < 1.29 is 194 Å². The average molecular weight is 410 g/mol. The van der Waals surface area contributed by atoms with Crippen LogP contribution in [0, 0.1) is 0 Å². The van der Waals surface area contributed by atoms with E-state index in [-0.39, 0.29) is 167 Å². The van der Waals surface area contributed by atoms with Crippen LogP contribution in [-0.2, 0) is 19.2 Å². The molecule has 0 aromatic heterocycles. The molecule has 0 aliphatic rings. The Balaban J connectivity index is -0.000000602. The summed E-state index contributed by atoms with van der Waals surface area (Å²) in [6.07, 6.45) is 0. The third-order valence-corrected chi connectivity index (χ3v) is 2.17. The Morgan fingerprint density at radius 1 is 0.522 bits per heavy atom. The van der Waals surface area contributed by atoms with Gasteiger partial charge in [0.1, 0.15) is 0 Å². The van der Waals surface area contributed by atoms with Crippen molar-refractivity contribution in [3.8, 4) is 0 Å². The summed E-state index contributed by atoms with van der Waals surface area (Å²) in [6, 6.07) is 0. The molecule has 10 nitrogen and oxygen atoms in total. The van der Waals surface area contributed by atoms with E-state index in [1.807, 2.05) is 0 Å². The summed E-state index contributed by atoms with van der Waals surface area (Å²) in [7, 11) is 0. The minimum absolute atomic E-state index is 0. The molecule has 13 heteroatoms. The van der Waals surface area contributed by atoms with Crippen molar-refractivity contribution in [2.24, 2.45) is 0 Å². The normalized spacial score (nSPS) is 9.30. The number of aliphatic carboxylic acids is 4. The molecule has 0 aliphatic heterocycles. The summed E-state index contributed by atoms with van der Waals surface area (Å²) < 4.78 is 0. The van der Waals surface area contributed by atoms with E-state index in [1.165, 1.54) is 0 Å². The Hall–Kier alpha value is 2.71. The summed E-state index contributed by atoms with van der Waals surface area (Å²) in [5, 5.41) is 34.5. The zero-order chi connectivity index (χ0) is 15.7. The van der Waals surface area contributed by atoms with Crippen molar-refractivity contribution in [2.75, 3.05) is 39.3 Å². The van der Waals surface area contributed by atoms with E-state index in [0.717, 1.165) is 9.80 Å². The molecule has 0 fully saturated rings. The van der Waals surface area contributed by atoms with Gasteiger partial charge in [-0.3, -0.25) is 29.0 Å². The van der Waals surface area contributed by atoms with Crippen LogP contribution in [0.4, 0.5) is 0 Å². The zero-order valence-electron chi connectivity index (χ0n) is 13.6. The molecule has 0 saturated heterocycles. The first-order valence-electron chi connectivity index (χ1n) is 5.52. The number of hydrogen-bond acceptors (Lipinski definition) is 6. The molecule has 0 unspecified atom stereocenters. The maximum absolute atomic E-state index is 10.6. The predicted molar refractivity (Wildman–Crippen MR) is 63.4 cm³/mol. The van der Waals surface area contributed by atoms with Crippen molar-refractivity contribution in [3.63, 3.8) is 0 Å². The third kappa shape index (κ3) is 22.7. The molecule has 0 radical (unpaired) electrons. The second-order valence-electron chi connectivity index (χ2n) is 4.00. The first-order chi connectivity index (χ1) is 9.20. The van der Waals surface area contributed by atoms with Gasteiger partial charge in [0, 0.05) is 13.1 Å². The van der Waals surface area contributed by atoms with Crippen molar-refractivity contribution in [1.29, 1.82) is 0 Å². The fourth-order valence-corrected chi connectivity index (χ4v) is 1.48. The minimum Gasteiger partial charge on any atom is -0.480 e. The minimum atomic E-state index is -1.23. The van der Waals surface area contributed by atoms with Crippen LogP contribution in [0.2, 0.25) is 0 Å². The molecule has 0 rings (SSSR count). The molecule has 0 bridgehead atoms. The van der Waals surface area contributed by atoms with Gasteiger partial charge in [0.15, 0.2) is 0 Å². The fourth-order valence-electron chi connectivity index (χ4n) is 1.48. The van der Waals surface area contributed by atoms with Crippen LogP contribution < -0.4 is 154 Å². The van der Waals surface area contributed by atoms with E-state index in [1.54, 1.807) is 0 Å².